The maximum absolute atomic E-state index is 13.9. The lowest BCUT2D eigenvalue weighted by molar-refractivity contribution is -0.138. The zero-order chi connectivity index (χ0) is 18.5. The average molecular weight is 359 g/mol. The molecular formula is C19H26FN5O. The van der Waals surface area contributed by atoms with Crippen LogP contribution < -0.4 is 0 Å². The molecule has 1 atom stereocenters. The quantitative estimate of drug-likeness (QED) is 0.793. The molecule has 1 saturated heterocycles. The molecule has 3 rings (SSSR count). The molecule has 1 aliphatic rings. The number of amides is 1. The molecule has 1 aromatic carbocycles. The fraction of sp³-hybridized carbons (Fsp3) is 0.526. The van der Waals surface area contributed by atoms with E-state index >= 15 is 0 Å². The van der Waals surface area contributed by atoms with Gasteiger partial charge in [0.25, 0.3) is 0 Å². The van der Waals surface area contributed by atoms with Crippen molar-refractivity contribution >= 4 is 5.91 Å². The second-order valence-electron chi connectivity index (χ2n) is 7.13. The fourth-order valence-electron chi connectivity index (χ4n) is 3.46. The number of carbonyl (C=O) groups is 1. The number of benzene rings is 1. The Morgan fingerprint density at radius 1 is 1.31 bits per heavy atom. The molecule has 1 aliphatic heterocycles. The normalized spacial score (nSPS) is 18.5. The molecule has 1 aromatic heterocycles. The van der Waals surface area contributed by atoms with Crippen LogP contribution in [-0.2, 0) is 17.9 Å². The molecule has 6 nitrogen and oxygen atoms in total. The van der Waals surface area contributed by atoms with Crippen LogP contribution in [0.1, 0.15) is 25.8 Å². The van der Waals surface area contributed by atoms with Gasteiger partial charge in [0.2, 0.25) is 5.91 Å². The summed E-state index contributed by atoms with van der Waals surface area (Å²) in [5.41, 5.74) is 0.709. The van der Waals surface area contributed by atoms with Gasteiger partial charge in [-0.25, -0.2) is 9.37 Å². The topological polar surface area (TPSA) is 54.3 Å². The highest BCUT2D eigenvalue weighted by molar-refractivity contribution is 5.76. The van der Waals surface area contributed by atoms with E-state index in [-0.39, 0.29) is 17.8 Å². The molecule has 7 heteroatoms. The van der Waals surface area contributed by atoms with E-state index in [1.807, 2.05) is 17.0 Å². The van der Waals surface area contributed by atoms with E-state index in [2.05, 4.69) is 28.8 Å². The summed E-state index contributed by atoms with van der Waals surface area (Å²) in [4.78, 5) is 20.8. The van der Waals surface area contributed by atoms with Crippen molar-refractivity contribution in [1.82, 2.24) is 24.6 Å². The maximum Gasteiger partial charge on any atom is 0.224 e. The predicted octanol–water partition coefficient (Wildman–Crippen LogP) is 2.18. The van der Waals surface area contributed by atoms with Crippen molar-refractivity contribution < 1.29 is 9.18 Å². The number of nitrogens with zero attached hydrogens (tertiary/aromatic N) is 5. The maximum atomic E-state index is 13.9. The van der Waals surface area contributed by atoms with E-state index in [0.717, 1.165) is 13.1 Å². The molecule has 0 spiro atoms. The summed E-state index contributed by atoms with van der Waals surface area (Å²) in [6.45, 7) is 7.58. The summed E-state index contributed by atoms with van der Waals surface area (Å²) < 4.78 is 15.6. The first kappa shape index (κ1) is 18.5. The molecule has 140 valence electrons. The Hall–Kier alpha value is -2.28. The van der Waals surface area contributed by atoms with Crippen LogP contribution in [0.4, 0.5) is 4.39 Å². The van der Waals surface area contributed by atoms with Crippen LogP contribution in [-0.4, -0.2) is 56.1 Å². The minimum atomic E-state index is -0.167. The third-order valence-electron chi connectivity index (χ3n) is 4.97. The molecule has 0 N–H and O–H groups in total. The summed E-state index contributed by atoms with van der Waals surface area (Å²) >= 11 is 0. The first-order valence-electron chi connectivity index (χ1n) is 9.12. The van der Waals surface area contributed by atoms with Crippen molar-refractivity contribution in [1.29, 1.82) is 0 Å². The van der Waals surface area contributed by atoms with E-state index in [4.69, 9.17) is 0 Å². The van der Waals surface area contributed by atoms with Crippen molar-refractivity contribution in [3.63, 3.8) is 0 Å². The molecule has 2 aromatic rings. The Bertz CT molecular complexity index is 718. The van der Waals surface area contributed by atoms with Gasteiger partial charge in [-0.15, -0.1) is 0 Å². The Morgan fingerprint density at radius 2 is 2.12 bits per heavy atom. The lowest BCUT2D eigenvalue weighted by Gasteiger charge is -2.43. The highest BCUT2D eigenvalue weighted by Crippen LogP contribution is 2.21. The van der Waals surface area contributed by atoms with Crippen LogP contribution in [0.25, 0.3) is 0 Å². The molecule has 2 heterocycles. The zero-order valence-electron chi connectivity index (χ0n) is 15.4. The number of rotatable bonds is 6. The van der Waals surface area contributed by atoms with Gasteiger partial charge in [0.05, 0.1) is 6.54 Å². The molecule has 0 unspecified atom stereocenters. The number of aromatic nitrogens is 3. The van der Waals surface area contributed by atoms with Crippen molar-refractivity contribution in [3.8, 4) is 0 Å². The van der Waals surface area contributed by atoms with E-state index in [9.17, 15) is 9.18 Å². The largest absolute Gasteiger partial charge is 0.337 e. The van der Waals surface area contributed by atoms with Gasteiger partial charge in [-0.3, -0.25) is 14.4 Å². The molecule has 1 fully saturated rings. The molecular weight excluding hydrogens is 333 g/mol. The standard InChI is InChI=1S/C19H26FN5O/c1-15(2)18-12-23(11-16-5-3-4-6-17(16)20)9-10-25(18)19(26)7-8-24-14-21-13-22-24/h3-6,13-15,18H,7-12H2,1-2H3/t18-/m1/s1. The lowest BCUT2D eigenvalue weighted by Crippen LogP contribution is -2.56. The van der Waals surface area contributed by atoms with Gasteiger partial charge in [0.15, 0.2) is 0 Å². The highest BCUT2D eigenvalue weighted by atomic mass is 19.1. The lowest BCUT2D eigenvalue weighted by atomic mass is 9.98. The minimum absolute atomic E-state index is 0.138. The van der Waals surface area contributed by atoms with Gasteiger partial charge >= 0.3 is 0 Å². The van der Waals surface area contributed by atoms with E-state index in [0.29, 0.717) is 37.5 Å². The molecule has 0 bridgehead atoms. The van der Waals surface area contributed by atoms with Gasteiger partial charge in [-0.2, -0.15) is 5.10 Å². The third-order valence-corrected chi connectivity index (χ3v) is 4.97. The van der Waals surface area contributed by atoms with Crippen molar-refractivity contribution in [3.05, 3.63) is 48.3 Å². The first-order chi connectivity index (χ1) is 12.5. The fourth-order valence-corrected chi connectivity index (χ4v) is 3.46. The predicted molar refractivity (Wildman–Crippen MR) is 96.7 cm³/mol. The number of hydrogen-bond acceptors (Lipinski definition) is 4. The number of hydrogen-bond donors (Lipinski definition) is 0. The zero-order valence-corrected chi connectivity index (χ0v) is 15.4. The molecule has 0 saturated carbocycles. The Labute approximate surface area is 153 Å². The number of carbonyl (C=O) groups excluding carboxylic acids is 1. The minimum Gasteiger partial charge on any atom is -0.337 e. The van der Waals surface area contributed by atoms with Crippen LogP contribution >= 0.6 is 0 Å². The van der Waals surface area contributed by atoms with Crippen molar-refractivity contribution in [2.45, 2.75) is 39.4 Å². The Morgan fingerprint density at radius 3 is 2.81 bits per heavy atom. The van der Waals surface area contributed by atoms with E-state index in [1.54, 1.807) is 17.1 Å². The van der Waals surface area contributed by atoms with Crippen LogP contribution in [0.15, 0.2) is 36.9 Å². The summed E-state index contributed by atoms with van der Waals surface area (Å²) in [7, 11) is 0. The number of aryl methyl sites for hydroxylation is 1. The Kier molecular flexibility index (Phi) is 5.98. The second-order valence-corrected chi connectivity index (χ2v) is 7.13. The molecule has 0 radical (unpaired) electrons. The monoisotopic (exact) mass is 359 g/mol. The number of piperazine rings is 1. The van der Waals surface area contributed by atoms with Crippen molar-refractivity contribution in [2.24, 2.45) is 5.92 Å². The van der Waals surface area contributed by atoms with Crippen LogP contribution in [0.2, 0.25) is 0 Å². The smallest absolute Gasteiger partial charge is 0.224 e. The summed E-state index contributed by atoms with van der Waals surface area (Å²) in [6, 6.07) is 7.04. The molecule has 0 aliphatic carbocycles. The van der Waals surface area contributed by atoms with Gasteiger partial charge in [0, 0.05) is 44.2 Å². The first-order valence-corrected chi connectivity index (χ1v) is 9.12. The van der Waals surface area contributed by atoms with Crippen LogP contribution in [0, 0.1) is 11.7 Å². The summed E-state index contributed by atoms with van der Waals surface area (Å²) in [5, 5.41) is 4.05. The van der Waals surface area contributed by atoms with Crippen LogP contribution in [0.5, 0.6) is 0 Å². The van der Waals surface area contributed by atoms with Gasteiger partial charge in [-0.05, 0) is 12.0 Å². The third kappa shape index (κ3) is 4.46. The molecule has 26 heavy (non-hydrogen) atoms. The van der Waals surface area contributed by atoms with Gasteiger partial charge in [0.1, 0.15) is 18.5 Å². The van der Waals surface area contributed by atoms with Gasteiger partial charge < -0.3 is 4.90 Å². The van der Waals surface area contributed by atoms with Gasteiger partial charge in [-0.1, -0.05) is 32.0 Å². The summed E-state index contributed by atoms with van der Waals surface area (Å²) in [6.07, 6.45) is 3.52. The average Bonchev–Trinajstić information content (AvgIpc) is 3.15. The van der Waals surface area contributed by atoms with Crippen molar-refractivity contribution in [2.75, 3.05) is 19.6 Å². The van der Waals surface area contributed by atoms with Crippen LogP contribution in [0.3, 0.4) is 0 Å². The number of halogens is 1. The molecule has 1 amide bonds. The van der Waals surface area contributed by atoms with E-state index in [1.165, 1.54) is 12.4 Å². The van der Waals surface area contributed by atoms with E-state index < -0.39 is 0 Å². The summed E-state index contributed by atoms with van der Waals surface area (Å²) in [5.74, 6) is 0.318. The SMILES string of the molecule is CC(C)[C@H]1CN(Cc2ccccc2F)CCN1C(=O)CCn1cncn1. The highest BCUT2D eigenvalue weighted by Gasteiger charge is 2.32. The Balaban J connectivity index is 1.60. The second kappa shape index (κ2) is 8.40.